The molecule has 128 valence electrons. The van der Waals surface area contributed by atoms with Crippen LogP contribution in [0.15, 0.2) is 30.3 Å². The summed E-state index contributed by atoms with van der Waals surface area (Å²) < 4.78 is 27.6. The maximum Gasteiger partial charge on any atom is 0.151 e. The summed E-state index contributed by atoms with van der Waals surface area (Å²) in [6.07, 6.45) is 0.964. The Morgan fingerprint density at radius 2 is 1.75 bits per heavy atom. The molecule has 0 saturated carbocycles. The summed E-state index contributed by atoms with van der Waals surface area (Å²) in [5.41, 5.74) is 0.0348. The number of benzene rings is 1. The van der Waals surface area contributed by atoms with Gasteiger partial charge in [-0.2, -0.15) is 0 Å². The van der Waals surface area contributed by atoms with Crippen LogP contribution in [0.3, 0.4) is 0 Å². The third kappa shape index (κ3) is 3.68. The normalized spacial score (nSPS) is 16.2. The van der Waals surface area contributed by atoms with Crippen molar-refractivity contribution in [3.05, 3.63) is 42.0 Å². The van der Waals surface area contributed by atoms with E-state index < -0.39 is 11.6 Å². The fourth-order valence-electron chi connectivity index (χ4n) is 2.93. The van der Waals surface area contributed by atoms with Crippen LogP contribution in [-0.2, 0) is 0 Å². The molecule has 0 unspecified atom stereocenters. The Kier molecular flexibility index (Phi) is 5.32. The van der Waals surface area contributed by atoms with E-state index >= 15 is 0 Å². The number of hydrogen-bond donors (Lipinski definition) is 1. The first-order chi connectivity index (χ1) is 11.7. The molecule has 0 amide bonds. The molecule has 3 rings (SSSR count). The lowest BCUT2D eigenvalue weighted by Gasteiger charge is -2.22. The van der Waals surface area contributed by atoms with Crippen molar-refractivity contribution >= 4 is 5.82 Å². The summed E-state index contributed by atoms with van der Waals surface area (Å²) in [4.78, 5) is 4.31. The second-order valence-corrected chi connectivity index (χ2v) is 5.78. The fraction of sp³-hybridized carbons (Fsp3) is 0.412. The molecule has 24 heavy (non-hydrogen) atoms. The van der Waals surface area contributed by atoms with Gasteiger partial charge in [-0.1, -0.05) is 6.07 Å². The second kappa shape index (κ2) is 7.63. The standard InChI is InChI=1S/C17H20F2N4O/c18-13-3-1-4-14(19)17(13)15-5-6-16(21-20-15)23-8-2-7-22(9-10-23)11-12-24/h1,3-6,24H,2,7-12H2. The topological polar surface area (TPSA) is 52.5 Å². The molecule has 1 aliphatic rings. The lowest BCUT2D eigenvalue weighted by atomic mass is 10.1. The van der Waals surface area contributed by atoms with Gasteiger partial charge in [-0.05, 0) is 37.2 Å². The maximum absolute atomic E-state index is 13.8. The minimum absolute atomic E-state index is 0.151. The molecule has 1 N–H and O–H groups in total. The molecule has 0 radical (unpaired) electrons. The van der Waals surface area contributed by atoms with E-state index in [0.29, 0.717) is 12.4 Å². The fourth-order valence-corrected chi connectivity index (χ4v) is 2.93. The maximum atomic E-state index is 13.8. The van der Waals surface area contributed by atoms with Crippen molar-refractivity contribution < 1.29 is 13.9 Å². The second-order valence-electron chi connectivity index (χ2n) is 5.78. The number of aliphatic hydroxyl groups excluding tert-OH is 1. The predicted octanol–water partition coefficient (Wildman–Crippen LogP) is 1.93. The molecule has 1 aromatic heterocycles. The predicted molar refractivity (Wildman–Crippen MR) is 87.7 cm³/mol. The zero-order valence-electron chi connectivity index (χ0n) is 13.3. The van der Waals surface area contributed by atoms with Gasteiger partial charge in [0.1, 0.15) is 11.6 Å². The Labute approximate surface area is 139 Å². The van der Waals surface area contributed by atoms with Crippen LogP contribution in [0.5, 0.6) is 0 Å². The third-order valence-corrected chi connectivity index (χ3v) is 4.20. The van der Waals surface area contributed by atoms with Crippen LogP contribution in [-0.4, -0.2) is 59.5 Å². The molecule has 2 aromatic rings. The van der Waals surface area contributed by atoms with E-state index in [1.807, 2.05) is 0 Å². The van der Waals surface area contributed by atoms with Gasteiger partial charge in [0.25, 0.3) is 0 Å². The first-order valence-electron chi connectivity index (χ1n) is 8.05. The largest absolute Gasteiger partial charge is 0.395 e. The van der Waals surface area contributed by atoms with Crippen LogP contribution in [0.4, 0.5) is 14.6 Å². The van der Waals surface area contributed by atoms with Gasteiger partial charge in [-0.25, -0.2) is 8.78 Å². The summed E-state index contributed by atoms with van der Waals surface area (Å²) in [5, 5.41) is 17.2. The first-order valence-corrected chi connectivity index (χ1v) is 8.05. The van der Waals surface area contributed by atoms with E-state index in [4.69, 9.17) is 5.11 Å². The Morgan fingerprint density at radius 3 is 2.42 bits per heavy atom. The highest BCUT2D eigenvalue weighted by Crippen LogP contribution is 2.24. The van der Waals surface area contributed by atoms with Crippen LogP contribution in [0.25, 0.3) is 11.3 Å². The van der Waals surface area contributed by atoms with Gasteiger partial charge in [0.2, 0.25) is 0 Å². The van der Waals surface area contributed by atoms with Gasteiger partial charge in [0.15, 0.2) is 5.82 Å². The summed E-state index contributed by atoms with van der Waals surface area (Å²) in [5.74, 6) is -0.598. The number of aromatic nitrogens is 2. The van der Waals surface area contributed by atoms with Gasteiger partial charge in [-0.3, -0.25) is 4.90 Å². The average Bonchev–Trinajstić information content (AvgIpc) is 2.81. The number of hydrogen-bond acceptors (Lipinski definition) is 5. The Hall–Kier alpha value is -2.12. The van der Waals surface area contributed by atoms with Gasteiger partial charge < -0.3 is 10.0 Å². The lowest BCUT2D eigenvalue weighted by Crippen LogP contribution is -2.32. The molecule has 1 aromatic carbocycles. The molecule has 0 aliphatic carbocycles. The Bertz CT molecular complexity index is 661. The third-order valence-electron chi connectivity index (χ3n) is 4.20. The van der Waals surface area contributed by atoms with Crippen molar-refractivity contribution in [1.82, 2.24) is 15.1 Å². The number of aliphatic hydroxyl groups is 1. The zero-order chi connectivity index (χ0) is 16.9. The molecule has 1 fully saturated rings. The number of halogens is 2. The minimum atomic E-state index is -0.647. The molecule has 2 heterocycles. The smallest absolute Gasteiger partial charge is 0.151 e. The highest BCUT2D eigenvalue weighted by molar-refractivity contribution is 5.61. The van der Waals surface area contributed by atoms with Crippen molar-refractivity contribution in [2.24, 2.45) is 0 Å². The highest BCUT2D eigenvalue weighted by Gasteiger charge is 2.17. The Balaban J connectivity index is 1.75. The van der Waals surface area contributed by atoms with Crippen LogP contribution < -0.4 is 4.90 Å². The number of nitrogens with zero attached hydrogens (tertiary/aromatic N) is 4. The van der Waals surface area contributed by atoms with Crippen LogP contribution >= 0.6 is 0 Å². The van der Waals surface area contributed by atoms with Crippen molar-refractivity contribution in [3.63, 3.8) is 0 Å². The van der Waals surface area contributed by atoms with Gasteiger partial charge in [0.05, 0.1) is 17.9 Å². The highest BCUT2D eigenvalue weighted by atomic mass is 19.1. The van der Waals surface area contributed by atoms with E-state index in [1.165, 1.54) is 18.2 Å². The monoisotopic (exact) mass is 334 g/mol. The minimum Gasteiger partial charge on any atom is -0.395 e. The SMILES string of the molecule is OCCN1CCCN(c2ccc(-c3c(F)cccc3F)nn2)CC1. The Morgan fingerprint density at radius 1 is 0.958 bits per heavy atom. The molecule has 5 nitrogen and oxygen atoms in total. The van der Waals surface area contributed by atoms with Crippen molar-refractivity contribution in [1.29, 1.82) is 0 Å². The molecule has 1 aliphatic heterocycles. The first kappa shape index (κ1) is 16.7. The van der Waals surface area contributed by atoms with E-state index in [9.17, 15) is 8.78 Å². The summed E-state index contributed by atoms with van der Waals surface area (Å²) in [6, 6.07) is 7.08. The van der Waals surface area contributed by atoms with Crippen molar-refractivity contribution in [2.45, 2.75) is 6.42 Å². The molecular formula is C17H20F2N4O. The van der Waals surface area contributed by atoms with Crippen molar-refractivity contribution in [3.8, 4) is 11.3 Å². The number of anilines is 1. The molecule has 0 atom stereocenters. The summed E-state index contributed by atoms with van der Waals surface area (Å²) >= 11 is 0. The molecule has 7 heteroatoms. The molecule has 0 bridgehead atoms. The van der Waals surface area contributed by atoms with Crippen LogP contribution in [0.2, 0.25) is 0 Å². The summed E-state index contributed by atoms with van der Waals surface area (Å²) in [7, 11) is 0. The van der Waals surface area contributed by atoms with E-state index in [1.54, 1.807) is 12.1 Å². The van der Waals surface area contributed by atoms with E-state index in [2.05, 4.69) is 20.0 Å². The van der Waals surface area contributed by atoms with E-state index in [-0.39, 0.29) is 17.9 Å². The quantitative estimate of drug-likeness (QED) is 0.926. The molecule has 1 saturated heterocycles. The van der Waals surface area contributed by atoms with Gasteiger partial charge >= 0.3 is 0 Å². The molecular weight excluding hydrogens is 314 g/mol. The summed E-state index contributed by atoms with van der Waals surface area (Å²) in [6.45, 7) is 4.22. The van der Waals surface area contributed by atoms with E-state index in [0.717, 1.165) is 32.6 Å². The average molecular weight is 334 g/mol. The van der Waals surface area contributed by atoms with Gasteiger partial charge in [0, 0.05) is 26.2 Å². The van der Waals surface area contributed by atoms with Crippen molar-refractivity contribution in [2.75, 3.05) is 44.2 Å². The molecule has 0 spiro atoms. The number of rotatable bonds is 4. The zero-order valence-corrected chi connectivity index (χ0v) is 13.3. The van der Waals surface area contributed by atoms with Gasteiger partial charge in [-0.15, -0.1) is 10.2 Å². The lowest BCUT2D eigenvalue weighted by molar-refractivity contribution is 0.204. The van der Waals surface area contributed by atoms with Crippen LogP contribution in [0.1, 0.15) is 6.42 Å². The number of β-amino-alcohol motifs (C(OH)–C–C–N with tert-alkyl or cyclic N) is 1. The van der Waals surface area contributed by atoms with Crippen LogP contribution in [0, 0.1) is 11.6 Å².